The molecule has 0 unspecified atom stereocenters. The number of piperidine rings is 1. The van der Waals surface area contributed by atoms with E-state index in [1.807, 2.05) is 4.90 Å². The third-order valence-electron chi connectivity index (χ3n) is 4.89. The molecule has 2 aliphatic rings. The molecule has 7 nitrogen and oxygen atoms in total. The molecule has 0 aromatic heterocycles. The molecule has 2 fully saturated rings. The second kappa shape index (κ2) is 9.66. The lowest BCUT2D eigenvalue weighted by Gasteiger charge is -2.34. The number of rotatable bonds is 6. The Balaban J connectivity index is 1.41. The number of hydrogen-bond donors (Lipinski definition) is 2. The zero-order valence-corrected chi connectivity index (χ0v) is 15.3. The second-order valence-corrected chi connectivity index (χ2v) is 6.80. The van der Waals surface area contributed by atoms with Crippen LogP contribution >= 0.6 is 0 Å². The van der Waals surface area contributed by atoms with E-state index >= 15 is 0 Å². The molecule has 2 aliphatic heterocycles. The Labute approximate surface area is 158 Å². The Hall–Kier alpha value is -2.19. The molecule has 1 aromatic rings. The first-order chi connectivity index (χ1) is 13.1. The van der Waals surface area contributed by atoms with Crippen molar-refractivity contribution in [1.29, 1.82) is 0 Å². The molecular weight excluding hydrogens is 353 g/mol. The van der Waals surface area contributed by atoms with Gasteiger partial charge in [0.25, 0.3) is 0 Å². The summed E-state index contributed by atoms with van der Waals surface area (Å²) in [6, 6.07) is 6.16. The van der Waals surface area contributed by atoms with E-state index in [0.717, 1.165) is 0 Å². The van der Waals surface area contributed by atoms with Crippen molar-refractivity contribution in [3.63, 3.8) is 0 Å². The van der Waals surface area contributed by atoms with Gasteiger partial charge in [0, 0.05) is 26.2 Å². The molecule has 0 aliphatic carbocycles. The van der Waals surface area contributed by atoms with Crippen LogP contribution in [0.2, 0.25) is 0 Å². The number of amides is 2. The maximum absolute atomic E-state index is 13.5. The van der Waals surface area contributed by atoms with Crippen molar-refractivity contribution in [2.45, 2.75) is 6.42 Å². The van der Waals surface area contributed by atoms with Crippen LogP contribution in [-0.4, -0.2) is 69.3 Å². The van der Waals surface area contributed by atoms with Gasteiger partial charge in [-0.15, -0.1) is 0 Å². The summed E-state index contributed by atoms with van der Waals surface area (Å²) in [5, 5.41) is 6.00. The highest BCUT2D eigenvalue weighted by atomic mass is 19.1. The number of ether oxygens (including phenoxy) is 2. The quantitative estimate of drug-likeness (QED) is 0.700. The summed E-state index contributed by atoms with van der Waals surface area (Å²) in [6.45, 7) is 3.97. The van der Waals surface area contributed by atoms with Crippen molar-refractivity contribution in [3.05, 3.63) is 30.1 Å². The Morgan fingerprint density at radius 1 is 1.22 bits per heavy atom. The number of benzene rings is 1. The topological polar surface area (TPSA) is 79.9 Å². The lowest BCUT2D eigenvalue weighted by Crippen LogP contribution is -2.51. The fourth-order valence-corrected chi connectivity index (χ4v) is 3.41. The van der Waals surface area contributed by atoms with Crippen molar-refractivity contribution < 1.29 is 23.5 Å². The van der Waals surface area contributed by atoms with E-state index in [1.54, 1.807) is 18.2 Å². The highest BCUT2D eigenvalue weighted by molar-refractivity contribution is 5.83. The summed E-state index contributed by atoms with van der Waals surface area (Å²) < 4.78 is 24.1. The minimum atomic E-state index is -0.426. The third kappa shape index (κ3) is 5.40. The summed E-state index contributed by atoms with van der Waals surface area (Å²) in [4.78, 5) is 26.8. The molecule has 1 aromatic carbocycles. The molecule has 27 heavy (non-hydrogen) atoms. The summed E-state index contributed by atoms with van der Waals surface area (Å²) in [6.07, 6.45) is 0.531. The van der Waals surface area contributed by atoms with Crippen LogP contribution in [0.25, 0.3) is 0 Å². The van der Waals surface area contributed by atoms with Gasteiger partial charge in [-0.05, 0) is 18.6 Å². The molecule has 0 spiro atoms. The number of nitrogens with one attached hydrogen (secondary N) is 2. The first-order valence-corrected chi connectivity index (χ1v) is 9.37. The molecule has 0 saturated carbocycles. The molecule has 0 bridgehead atoms. The van der Waals surface area contributed by atoms with Gasteiger partial charge in [-0.1, -0.05) is 12.1 Å². The molecular formula is C19H26FN3O4. The SMILES string of the molecule is O=C(NCCOc1ccccc1F)[C@H]1CNC[C@H](C(=O)N2CCOCC2)C1. The van der Waals surface area contributed by atoms with E-state index in [9.17, 15) is 14.0 Å². The number of carbonyl (C=O) groups is 2. The summed E-state index contributed by atoms with van der Waals surface area (Å²) in [5.41, 5.74) is 0. The Bertz CT molecular complexity index is 652. The molecule has 3 rings (SSSR count). The van der Waals surface area contributed by atoms with E-state index < -0.39 is 5.82 Å². The standard InChI is InChI=1S/C19H26FN3O4/c20-16-3-1-2-4-17(16)27-8-5-22-18(24)14-11-15(13-21-12-14)19(25)23-6-9-26-10-7-23/h1-4,14-15,21H,5-13H2,(H,22,24)/t14-,15-/m1/s1. The lowest BCUT2D eigenvalue weighted by molar-refractivity contribution is -0.141. The maximum Gasteiger partial charge on any atom is 0.227 e. The maximum atomic E-state index is 13.5. The highest BCUT2D eigenvalue weighted by Crippen LogP contribution is 2.20. The predicted octanol–water partition coefficient (Wildman–Crippen LogP) is 0.405. The minimum absolute atomic E-state index is 0.0891. The van der Waals surface area contributed by atoms with Crippen LogP contribution in [0.3, 0.4) is 0 Å². The summed E-state index contributed by atoms with van der Waals surface area (Å²) in [5.74, 6) is -0.734. The number of hydrogen-bond acceptors (Lipinski definition) is 5. The van der Waals surface area contributed by atoms with Crippen molar-refractivity contribution >= 4 is 11.8 Å². The fourth-order valence-electron chi connectivity index (χ4n) is 3.41. The molecule has 2 amide bonds. The molecule has 8 heteroatoms. The van der Waals surface area contributed by atoms with Crippen molar-refractivity contribution in [3.8, 4) is 5.75 Å². The van der Waals surface area contributed by atoms with E-state index in [2.05, 4.69) is 10.6 Å². The second-order valence-electron chi connectivity index (χ2n) is 6.80. The summed E-state index contributed by atoms with van der Waals surface area (Å²) in [7, 11) is 0. The fraction of sp³-hybridized carbons (Fsp3) is 0.579. The van der Waals surface area contributed by atoms with Crippen LogP contribution in [0, 0.1) is 17.7 Å². The normalized spacial score (nSPS) is 22.9. The Kier molecular flexibility index (Phi) is 7.00. The summed E-state index contributed by atoms with van der Waals surface area (Å²) >= 11 is 0. The molecule has 148 valence electrons. The molecule has 2 atom stereocenters. The van der Waals surface area contributed by atoms with Crippen molar-refractivity contribution in [1.82, 2.24) is 15.5 Å². The highest BCUT2D eigenvalue weighted by Gasteiger charge is 2.33. The first-order valence-electron chi connectivity index (χ1n) is 9.37. The number of nitrogens with zero attached hydrogens (tertiary/aromatic N) is 1. The van der Waals surface area contributed by atoms with Gasteiger partial charge in [0.2, 0.25) is 11.8 Å². The van der Waals surface area contributed by atoms with Gasteiger partial charge in [0.05, 0.1) is 31.6 Å². The van der Waals surface area contributed by atoms with Crippen LogP contribution in [0.1, 0.15) is 6.42 Å². The average molecular weight is 379 g/mol. The van der Waals surface area contributed by atoms with Crippen LogP contribution in [0.15, 0.2) is 24.3 Å². The van der Waals surface area contributed by atoms with Crippen LogP contribution in [0.5, 0.6) is 5.75 Å². The van der Waals surface area contributed by atoms with Gasteiger partial charge in [0.1, 0.15) is 6.61 Å². The van der Waals surface area contributed by atoms with E-state index in [1.165, 1.54) is 6.07 Å². The minimum Gasteiger partial charge on any atom is -0.489 e. The molecule has 2 heterocycles. The number of morpholine rings is 1. The largest absolute Gasteiger partial charge is 0.489 e. The van der Waals surface area contributed by atoms with Gasteiger partial charge < -0.3 is 25.0 Å². The Morgan fingerprint density at radius 2 is 1.96 bits per heavy atom. The predicted molar refractivity (Wildman–Crippen MR) is 96.8 cm³/mol. The lowest BCUT2D eigenvalue weighted by atomic mass is 9.88. The van der Waals surface area contributed by atoms with E-state index in [0.29, 0.717) is 45.8 Å². The molecule has 2 N–H and O–H groups in total. The zero-order chi connectivity index (χ0) is 19.1. The third-order valence-corrected chi connectivity index (χ3v) is 4.89. The van der Waals surface area contributed by atoms with E-state index in [-0.39, 0.29) is 42.6 Å². The first kappa shape index (κ1) is 19.6. The smallest absolute Gasteiger partial charge is 0.227 e. The van der Waals surface area contributed by atoms with E-state index in [4.69, 9.17) is 9.47 Å². The van der Waals surface area contributed by atoms with Crippen LogP contribution in [0.4, 0.5) is 4.39 Å². The molecule has 2 saturated heterocycles. The molecule has 0 radical (unpaired) electrons. The van der Waals surface area contributed by atoms with Gasteiger partial charge in [0.15, 0.2) is 11.6 Å². The number of carbonyl (C=O) groups excluding carboxylic acids is 2. The van der Waals surface area contributed by atoms with Crippen LogP contribution < -0.4 is 15.4 Å². The number of para-hydroxylation sites is 1. The average Bonchev–Trinajstić information content (AvgIpc) is 2.72. The van der Waals surface area contributed by atoms with Gasteiger partial charge >= 0.3 is 0 Å². The zero-order valence-electron chi connectivity index (χ0n) is 15.3. The Morgan fingerprint density at radius 3 is 2.74 bits per heavy atom. The van der Waals surface area contributed by atoms with Crippen LogP contribution in [-0.2, 0) is 14.3 Å². The number of halogens is 1. The monoisotopic (exact) mass is 379 g/mol. The van der Waals surface area contributed by atoms with Gasteiger partial charge in [-0.3, -0.25) is 9.59 Å². The van der Waals surface area contributed by atoms with Crippen molar-refractivity contribution in [2.75, 3.05) is 52.5 Å². The van der Waals surface area contributed by atoms with Gasteiger partial charge in [-0.25, -0.2) is 4.39 Å². The van der Waals surface area contributed by atoms with Gasteiger partial charge in [-0.2, -0.15) is 0 Å². The van der Waals surface area contributed by atoms with Crippen molar-refractivity contribution in [2.24, 2.45) is 11.8 Å².